The Bertz CT molecular complexity index is 1280. The van der Waals surface area contributed by atoms with E-state index in [1.807, 2.05) is 62.5 Å². The number of rotatable bonds is 9. The van der Waals surface area contributed by atoms with Gasteiger partial charge in [-0.05, 0) is 57.0 Å². The number of aromatic nitrogens is 5. The highest BCUT2D eigenvalue weighted by Gasteiger charge is 2.14. The second kappa shape index (κ2) is 10.6. The fourth-order valence-electron chi connectivity index (χ4n) is 3.75. The van der Waals surface area contributed by atoms with Crippen molar-refractivity contribution in [3.63, 3.8) is 0 Å². The Hall–Kier alpha value is -3.46. The lowest BCUT2D eigenvalue weighted by Gasteiger charge is -2.19. The first-order chi connectivity index (χ1) is 16.5. The summed E-state index contributed by atoms with van der Waals surface area (Å²) in [5.41, 5.74) is 4.44. The monoisotopic (exact) mass is 475 g/mol. The van der Waals surface area contributed by atoms with Crippen LogP contribution in [0.15, 0.2) is 53.8 Å². The van der Waals surface area contributed by atoms with Crippen molar-refractivity contribution in [2.45, 2.75) is 45.1 Å². The van der Waals surface area contributed by atoms with Gasteiger partial charge in [0.1, 0.15) is 5.82 Å². The van der Waals surface area contributed by atoms with E-state index in [1.54, 1.807) is 4.52 Å². The first-order valence-electron chi connectivity index (χ1n) is 11.4. The van der Waals surface area contributed by atoms with Crippen LogP contribution in [0, 0.1) is 13.8 Å². The third kappa shape index (κ3) is 5.36. The summed E-state index contributed by atoms with van der Waals surface area (Å²) in [6.07, 6.45) is 1.82. The van der Waals surface area contributed by atoms with Crippen LogP contribution in [0.4, 0.5) is 5.82 Å². The molecular formula is C25H29N7OS. The molecule has 9 heteroatoms. The molecule has 4 rings (SSSR count). The number of carbonyl (C=O) groups is 1. The molecule has 0 radical (unpaired) electrons. The molecule has 0 saturated carbocycles. The zero-order chi connectivity index (χ0) is 24.1. The van der Waals surface area contributed by atoms with E-state index in [9.17, 15) is 4.79 Å². The van der Waals surface area contributed by atoms with Crippen LogP contribution in [0.1, 0.15) is 46.7 Å². The van der Waals surface area contributed by atoms with Crippen LogP contribution in [0.25, 0.3) is 5.78 Å². The summed E-state index contributed by atoms with van der Waals surface area (Å²) >= 11 is 1.49. The number of nitrogens with one attached hydrogen (secondary N) is 1. The van der Waals surface area contributed by atoms with E-state index >= 15 is 0 Å². The van der Waals surface area contributed by atoms with Gasteiger partial charge in [0.2, 0.25) is 5.16 Å². The van der Waals surface area contributed by atoms with Crippen molar-refractivity contribution in [2.24, 2.45) is 0 Å². The quantitative estimate of drug-likeness (QED) is 0.363. The van der Waals surface area contributed by atoms with Gasteiger partial charge in [0.05, 0.1) is 0 Å². The molecule has 0 bridgehead atoms. The third-order valence-electron chi connectivity index (χ3n) is 5.57. The molecule has 3 aromatic heterocycles. The molecule has 8 nitrogen and oxygen atoms in total. The third-order valence-corrected chi connectivity index (χ3v) is 6.45. The Morgan fingerprint density at radius 3 is 2.62 bits per heavy atom. The molecule has 0 aliphatic carbocycles. The van der Waals surface area contributed by atoms with E-state index in [0.717, 1.165) is 41.4 Å². The summed E-state index contributed by atoms with van der Waals surface area (Å²) < 4.78 is 1.74. The first kappa shape index (κ1) is 23.7. The minimum Gasteiger partial charge on any atom is -0.357 e. The summed E-state index contributed by atoms with van der Waals surface area (Å²) in [5, 5.41) is 8.20. The Balaban J connectivity index is 1.41. The molecule has 0 unspecified atom stereocenters. The molecule has 3 heterocycles. The lowest BCUT2D eigenvalue weighted by Crippen LogP contribution is -2.25. The van der Waals surface area contributed by atoms with Crippen molar-refractivity contribution in [1.82, 2.24) is 29.9 Å². The maximum Gasteiger partial charge on any atom is 0.253 e. The number of hydrogen-bond acceptors (Lipinski definition) is 7. The van der Waals surface area contributed by atoms with Crippen molar-refractivity contribution >= 4 is 29.3 Å². The lowest BCUT2D eigenvalue weighted by molar-refractivity contribution is 0.0950. The molecule has 0 atom stereocenters. The molecule has 1 aromatic carbocycles. The smallest absolute Gasteiger partial charge is 0.253 e. The number of nitrogens with zero attached hydrogens (tertiary/aromatic N) is 6. The summed E-state index contributed by atoms with van der Waals surface area (Å²) in [6.45, 7) is 10.4. The number of pyridine rings is 1. The van der Waals surface area contributed by atoms with Gasteiger partial charge in [-0.15, -0.1) is 5.10 Å². The summed E-state index contributed by atoms with van der Waals surface area (Å²) in [6, 6.07) is 13.6. The fourth-order valence-corrected chi connectivity index (χ4v) is 4.57. The number of anilines is 1. The van der Waals surface area contributed by atoms with E-state index in [2.05, 4.69) is 44.1 Å². The van der Waals surface area contributed by atoms with Gasteiger partial charge in [-0.1, -0.05) is 36.0 Å². The largest absolute Gasteiger partial charge is 0.357 e. The normalized spacial score (nSPS) is 11.1. The average molecular weight is 476 g/mol. The van der Waals surface area contributed by atoms with Gasteiger partial charge in [-0.25, -0.2) is 14.5 Å². The number of aryl methyl sites for hydroxylation is 2. The van der Waals surface area contributed by atoms with Crippen molar-refractivity contribution in [2.75, 3.05) is 18.0 Å². The molecule has 4 aromatic rings. The van der Waals surface area contributed by atoms with Crippen LogP contribution in [-0.4, -0.2) is 43.6 Å². The van der Waals surface area contributed by atoms with E-state index in [1.165, 1.54) is 11.8 Å². The van der Waals surface area contributed by atoms with Crippen LogP contribution >= 0.6 is 11.8 Å². The second-order valence-corrected chi connectivity index (χ2v) is 8.91. The van der Waals surface area contributed by atoms with Crippen molar-refractivity contribution in [3.8, 4) is 0 Å². The molecule has 0 aliphatic heterocycles. The molecular weight excluding hydrogens is 446 g/mol. The highest BCUT2D eigenvalue weighted by Crippen LogP contribution is 2.23. The highest BCUT2D eigenvalue weighted by atomic mass is 32.2. The molecule has 0 fully saturated rings. The van der Waals surface area contributed by atoms with Gasteiger partial charge in [0.25, 0.3) is 11.7 Å². The minimum absolute atomic E-state index is 0.111. The Kier molecular flexibility index (Phi) is 7.42. The van der Waals surface area contributed by atoms with E-state index < -0.39 is 0 Å². The number of benzene rings is 1. The minimum atomic E-state index is -0.111. The average Bonchev–Trinajstić information content (AvgIpc) is 3.26. The summed E-state index contributed by atoms with van der Waals surface area (Å²) in [5.74, 6) is 2.01. The predicted octanol–water partition coefficient (Wildman–Crippen LogP) is 4.20. The van der Waals surface area contributed by atoms with E-state index in [-0.39, 0.29) is 5.91 Å². The van der Waals surface area contributed by atoms with Gasteiger partial charge < -0.3 is 10.2 Å². The van der Waals surface area contributed by atoms with Crippen LogP contribution in [-0.2, 0) is 12.3 Å². The number of fused-ring (bicyclic) bond motifs is 1. The SMILES string of the molecule is CCN(CC)c1ccc(CNC(=O)c2ccccc2CSc2nc3nc(C)cc(C)n3n2)cn1. The molecule has 1 amide bonds. The number of carbonyl (C=O) groups excluding carboxylic acids is 1. The second-order valence-electron chi connectivity index (χ2n) is 7.97. The molecule has 176 valence electrons. The maximum absolute atomic E-state index is 12.9. The van der Waals surface area contributed by atoms with Crippen molar-refractivity contribution in [1.29, 1.82) is 0 Å². The molecule has 0 saturated heterocycles. The van der Waals surface area contributed by atoms with Crippen LogP contribution in [0.2, 0.25) is 0 Å². The van der Waals surface area contributed by atoms with Crippen LogP contribution in [0.3, 0.4) is 0 Å². The fraction of sp³-hybridized carbons (Fsp3) is 0.320. The van der Waals surface area contributed by atoms with Crippen LogP contribution in [0.5, 0.6) is 0 Å². The highest BCUT2D eigenvalue weighted by molar-refractivity contribution is 7.98. The number of thioether (sulfide) groups is 1. The molecule has 0 spiro atoms. The molecule has 34 heavy (non-hydrogen) atoms. The van der Waals surface area contributed by atoms with Crippen molar-refractivity contribution in [3.05, 3.63) is 76.7 Å². The lowest BCUT2D eigenvalue weighted by atomic mass is 10.1. The number of amides is 1. The van der Waals surface area contributed by atoms with Gasteiger partial charge in [0.15, 0.2) is 0 Å². The molecule has 0 aliphatic rings. The Morgan fingerprint density at radius 1 is 1.09 bits per heavy atom. The van der Waals surface area contributed by atoms with E-state index in [0.29, 0.717) is 28.8 Å². The molecule has 1 N–H and O–H groups in total. The zero-order valence-corrected chi connectivity index (χ0v) is 20.8. The van der Waals surface area contributed by atoms with E-state index in [4.69, 9.17) is 0 Å². The Morgan fingerprint density at radius 2 is 1.88 bits per heavy atom. The van der Waals surface area contributed by atoms with Crippen LogP contribution < -0.4 is 10.2 Å². The van der Waals surface area contributed by atoms with Crippen molar-refractivity contribution < 1.29 is 4.79 Å². The number of hydrogen-bond donors (Lipinski definition) is 1. The van der Waals surface area contributed by atoms with Gasteiger partial charge in [-0.3, -0.25) is 4.79 Å². The Labute approximate surface area is 203 Å². The zero-order valence-electron chi connectivity index (χ0n) is 19.9. The first-order valence-corrected chi connectivity index (χ1v) is 12.4. The topological polar surface area (TPSA) is 88.3 Å². The predicted molar refractivity (Wildman–Crippen MR) is 135 cm³/mol. The van der Waals surface area contributed by atoms with Gasteiger partial charge >= 0.3 is 0 Å². The van der Waals surface area contributed by atoms with Gasteiger partial charge in [-0.2, -0.15) is 4.98 Å². The maximum atomic E-state index is 12.9. The van der Waals surface area contributed by atoms with Gasteiger partial charge in [0, 0.05) is 48.5 Å². The summed E-state index contributed by atoms with van der Waals surface area (Å²) in [7, 11) is 0. The standard InChI is InChI=1S/C25H29N7OS/c1-5-31(6-2)22-12-11-19(14-26-22)15-27-23(33)21-10-8-7-9-20(21)16-34-25-29-24-28-17(3)13-18(4)32(24)30-25/h7-14H,5-6,15-16H2,1-4H3,(H,27,33). The summed E-state index contributed by atoms with van der Waals surface area (Å²) in [4.78, 5) is 28.6.